The molecular formula is C24H28Cl4N2O2S. The smallest absolute Gasteiger partial charge is 0.243 e. The van der Waals surface area contributed by atoms with Crippen molar-refractivity contribution >= 4 is 70.0 Å². The number of carbonyl (C=O) groups is 2. The second-order valence-electron chi connectivity index (χ2n) is 7.66. The van der Waals surface area contributed by atoms with Gasteiger partial charge in [0.2, 0.25) is 11.8 Å². The van der Waals surface area contributed by atoms with E-state index in [9.17, 15) is 9.59 Å². The molecule has 180 valence electrons. The largest absolute Gasteiger partial charge is 0.352 e. The molecule has 33 heavy (non-hydrogen) atoms. The Kier molecular flexibility index (Phi) is 11.7. The molecule has 0 spiro atoms. The first-order valence-corrected chi connectivity index (χ1v) is 13.4. The quantitative estimate of drug-likeness (QED) is 0.321. The van der Waals surface area contributed by atoms with Gasteiger partial charge in [0.05, 0.1) is 5.75 Å². The maximum Gasteiger partial charge on any atom is 0.243 e. The Bertz CT molecular complexity index is 933. The van der Waals surface area contributed by atoms with Crippen LogP contribution >= 0.6 is 58.2 Å². The number of nitrogens with one attached hydrogen (secondary N) is 1. The molecule has 0 heterocycles. The Balaban J connectivity index is 2.24. The van der Waals surface area contributed by atoms with E-state index in [1.807, 2.05) is 20.8 Å². The molecule has 0 bridgehead atoms. The summed E-state index contributed by atoms with van der Waals surface area (Å²) in [6.07, 6.45) is 1.25. The first-order valence-electron chi connectivity index (χ1n) is 10.7. The summed E-state index contributed by atoms with van der Waals surface area (Å²) in [5, 5.41) is 5.00. The van der Waals surface area contributed by atoms with Gasteiger partial charge in [0.1, 0.15) is 6.04 Å². The average molecular weight is 550 g/mol. The monoisotopic (exact) mass is 548 g/mol. The fourth-order valence-electron chi connectivity index (χ4n) is 3.21. The number of hydrogen-bond donors (Lipinski definition) is 1. The maximum atomic E-state index is 13.4. The van der Waals surface area contributed by atoms with Crippen molar-refractivity contribution in [1.82, 2.24) is 10.2 Å². The first kappa shape index (κ1) is 28.1. The Morgan fingerprint density at radius 3 is 1.91 bits per heavy atom. The molecule has 4 nitrogen and oxygen atoms in total. The summed E-state index contributed by atoms with van der Waals surface area (Å²) in [5.74, 6) is 0.241. The van der Waals surface area contributed by atoms with Gasteiger partial charge < -0.3 is 10.2 Å². The van der Waals surface area contributed by atoms with Gasteiger partial charge in [-0.1, -0.05) is 72.4 Å². The predicted octanol–water partition coefficient (Wildman–Crippen LogP) is 7.26. The van der Waals surface area contributed by atoms with Gasteiger partial charge in [-0.05, 0) is 49.6 Å². The maximum absolute atomic E-state index is 13.4. The van der Waals surface area contributed by atoms with Gasteiger partial charge in [-0.25, -0.2) is 0 Å². The number of thioether (sulfide) groups is 1. The second kappa shape index (κ2) is 13.7. The molecule has 0 unspecified atom stereocenters. The second-order valence-corrected chi connectivity index (χ2v) is 10.3. The molecule has 0 saturated carbocycles. The van der Waals surface area contributed by atoms with E-state index in [-0.39, 0.29) is 30.2 Å². The summed E-state index contributed by atoms with van der Waals surface area (Å²) in [7, 11) is 0. The van der Waals surface area contributed by atoms with E-state index in [0.29, 0.717) is 37.8 Å². The molecule has 2 aromatic rings. The van der Waals surface area contributed by atoms with Crippen LogP contribution in [0.4, 0.5) is 0 Å². The lowest BCUT2D eigenvalue weighted by atomic mass is 10.1. The lowest BCUT2D eigenvalue weighted by Gasteiger charge is -2.32. The number of amides is 2. The molecular weight excluding hydrogens is 522 g/mol. The molecule has 0 radical (unpaired) electrons. The van der Waals surface area contributed by atoms with Crippen molar-refractivity contribution in [2.24, 2.45) is 0 Å². The van der Waals surface area contributed by atoms with Crippen LogP contribution in [0.15, 0.2) is 36.4 Å². The topological polar surface area (TPSA) is 49.4 Å². The molecule has 2 amide bonds. The van der Waals surface area contributed by atoms with E-state index in [4.69, 9.17) is 46.4 Å². The third-order valence-corrected chi connectivity index (χ3v) is 7.67. The van der Waals surface area contributed by atoms with Crippen molar-refractivity contribution in [3.8, 4) is 0 Å². The molecule has 0 aliphatic heterocycles. The number of nitrogens with zero attached hydrogens (tertiary/aromatic N) is 1. The van der Waals surface area contributed by atoms with Gasteiger partial charge in [0, 0.05) is 44.0 Å². The van der Waals surface area contributed by atoms with Crippen LogP contribution in [0.1, 0.15) is 44.7 Å². The number of hydrogen-bond acceptors (Lipinski definition) is 3. The van der Waals surface area contributed by atoms with Crippen LogP contribution in [0, 0.1) is 0 Å². The SMILES string of the molecule is CC[C@H](C)NC(=O)[C@H](CC)N(Cc1c(Cl)cccc1Cl)C(=O)CSCc1c(Cl)cccc1Cl. The van der Waals surface area contributed by atoms with E-state index < -0.39 is 6.04 Å². The standard InChI is InChI=1S/C24H28Cl4N2O2S/c1-4-15(3)29-24(32)22(5-2)30(12-16-18(25)8-6-9-19(16)26)23(31)14-33-13-17-20(27)10-7-11-21(17)28/h6-11,15,22H,4-5,12-14H2,1-3H3,(H,29,32)/t15-,22-/m0/s1. The minimum absolute atomic E-state index is 0.00384. The molecule has 9 heteroatoms. The van der Waals surface area contributed by atoms with E-state index in [1.54, 1.807) is 41.3 Å². The molecule has 0 aliphatic rings. The highest BCUT2D eigenvalue weighted by Gasteiger charge is 2.30. The minimum Gasteiger partial charge on any atom is -0.352 e. The molecule has 0 fully saturated rings. The molecule has 0 saturated heterocycles. The fourth-order valence-corrected chi connectivity index (χ4v) is 5.37. The zero-order valence-corrected chi connectivity index (χ0v) is 22.7. The van der Waals surface area contributed by atoms with Crippen molar-refractivity contribution in [1.29, 1.82) is 0 Å². The van der Waals surface area contributed by atoms with Crippen molar-refractivity contribution in [2.75, 3.05) is 5.75 Å². The van der Waals surface area contributed by atoms with Crippen LogP contribution in [0.25, 0.3) is 0 Å². The summed E-state index contributed by atoms with van der Waals surface area (Å²) < 4.78 is 0. The van der Waals surface area contributed by atoms with Crippen LogP contribution in [-0.2, 0) is 21.9 Å². The third-order valence-electron chi connectivity index (χ3n) is 5.31. The van der Waals surface area contributed by atoms with Gasteiger partial charge in [-0.15, -0.1) is 11.8 Å². The zero-order valence-electron chi connectivity index (χ0n) is 18.8. The van der Waals surface area contributed by atoms with Crippen LogP contribution in [0.3, 0.4) is 0 Å². The highest BCUT2D eigenvalue weighted by Crippen LogP contribution is 2.30. The summed E-state index contributed by atoms with van der Waals surface area (Å²) in [6, 6.07) is 9.86. The van der Waals surface area contributed by atoms with Crippen LogP contribution in [-0.4, -0.2) is 34.6 Å². The van der Waals surface area contributed by atoms with Gasteiger partial charge in [0.25, 0.3) is 0 Å². The summed E-state index contributed by atoms with van der Waals surface area (Å²) in [6.45, 7) is 5.95. The van der Waals surface area contributed by atoms with Gasteiger partial charge >= 0.3 is 0 Å². The normalized spacial score (nSPS) is 12.8. The zero-order chi connectivity index (χ0) is 24.5. The Morgan fingerprint density at radius 2 is 1.42 bits per heavy atom. The molecule has 0 aromatic heterocycles. The van der Waals surface area contributed by atoms with Gasteiger partial charge in [0.15, 0.2) is 0 Å². The molecule has 2 aromatic carbocycles. The van der Waals surface area contributed by atoms with Gasteiger partial charge in [-0.3, -0.25) is 9.59 Å². The van der Waals surface area contributed by atoms with Crippen molar-refractivity contribution in [2.45, 2.75) is 58.0 Å². The highest BCUT2D eigenvalue weighted by molar-refractivity contribution is 7.99. The molecule has 2 atom stereocenters. The Morgan fingerprint density at radius 1 is 0.909 bits per heavy atom. The fraction of sp³-hybridized carbons (Fsp3) is 0.417. The summed E-state index contributed by atoms with van der Waals surface area (Å²) in [5.41, 5.74) is 1.39. The van der Waals surface area contributed by atoms with Crippen molar-refractivity contribution in [3.63, 3.8) is 0 Å². The van der Waals surface area contributed by atoms with E-state index >= 15 is 0 Å². The van der Waals surface area contributed by atoms with Gasteiger partial charge in [-0.2, -0.15) is 0 Å². The lowest BCUT2D eigenvalue weighted by Crippen LogP contribution is -2.51. The Labute approximate surface area is 220 Å². The first-order chi connectivity index (χ1) is 15.7. The number of halogens is 4. The summed E-state index contributed by atoms with van der Waals surface area (Å²) >= 11 is 26.6. The molecule has 1 N–H and O–H groups in total. The van der Waals surface area contributed by atoms with E-state index in [0.717, 1.165) is 12.0 Å². The van der Waals surface area contributed by atoms with Crippen LogP contribution < -0.4 is 5.32 Å². The highest BCUT2D eigenvalue weighted by atomic mass is 35.5. The minimum atomic E-state index is -0.650. The number of benzene rings is 2. The number of carbonyl (C=O) groups excluding carboxylic acids is 2. The predicted molar refractivity (Wildman–Crippen MR) is 142 cm³/mol. The summed E-state index contributed by atoms with van der Waals surface area (Å²) in [4.78, 5) is 27.9. The van der Waals surface area contributed by atoms with Crippen molar-refractivity contribution in [3.05, 3.63) is 67.6 Å². The van der Waals surface area contributed by atoms with Crippen LogP contribution in [0.2, 0.25) is 20.1 Å². The van der Waals surface area contributed by atoms with E-state index in [1.165, 1.54) is 11.8 Å². The number of rotatable bonds is 11. The third kappa shape index (κ3) is 7.97. The molecule has 2 rings (SSSR count). The lowest BCUT2D eigenvalue weighted by molar-refractivity contribution is -0.139. The average Bonchev–Trinajstić information content (AvgIpc) is 2.77. The Hall–Kier alpha value is -1.11. The molecule has 0 aliphatic carbocycles. The van der Waals surface area contributed by atoms with Crippen molar-refractivity contribution < 1.29 is 9.59 Å². The van der Waals surface area contributed by atoms with E-state index in [2.05, 4.69) is 5.32 Å². The van der Waals surface area contributed by atoms with Crippen LogP contribution in [0.5, 0.6) is 0 Å².